The van der Waals surface area contributed by atoms with E-state index >= 15 is 0 Å². The average Bonchev–Trinajstić information content (AvgIpc) is 2.66. The van der Waals surface area contributed by atoms with Gasteiger partial charge in [-0.05, 0) is 25.0 Å². The number of halogens is 1. The molecule has 0 spiro atoms. The third kappa shape index (κ3) is 2.77. The van der Waals surface area contributed by atoms with Crippen molar-refractivity contribution in [1.29, 1.82) is 0 Å². The molecule has 2 aromatic rings. The molecule has 7 nitrogen and oxygen atoms in total. The van der Waals surface area contributed by atoms with Gasteiger partial charge in [0.2, 0.25) is 5.15 Å². The molecule has 0 amide bonds. The number of nitro groups is 1. The van der Waals surface area contributed by atoms with Crippen molar-refractivity contribution in [1.82, 2.24) is 20.0 Å². The van der Waals surface area contributed by atoms with Gasteiger partial charge in [0.25, 0.3) is 0 Å². The maximum absolute atomic E-state index is 11.2. The lowest BCUT2D eigenvalue weighted by Gasteiger charge is -2.00. The zero-order valence-corrected chi connectivity index (χ0v) is 12.1. The van der Waals surface area contributed by atoms with Gasteiger partial charge < -0.3 is 0 Å². The topological polar surface area (TPSA) is 86.7 Å². The molecule has 0 saturated carbocycles. The van der Waals surface area contributed by atoms with Crippen LogP contribution in [-0.4, -0.2) is 24.9 Å². The smallest absolute Gasteiger partial charge is 0.258 e. The zero-order chi connectivity index (χ0) is 14.9. The highest BCUT2D eigenvalue weighted by Crippen LogP contribution is 2.31. The summed E-state index contributed by atoms with van der Waals surface area (Å²) < 4.78 is 1.25. The fourth-order valence-corrected chi connectivity index (χ4v) is 2.10. The Morgan fingerprint density at radius 3 is 2.60 bits per heavy atom. The van der Waals surface area contributed by atoms with Crippen LogP contribution in [0.2, 0.25) is 5.15 Å². The Labute approximate surface area is 120 Å². The molecule has 106 valence electrons. The van der Waals surface area contributed by atoms with E-state index in [0.29, 0.717) is 17.9 Å². The first-order valence-electron chi connectivity index (χ1n) is 6.12. The second kappa shape index (κ2) is 5.54. The summed E-state index contributed by atoms with van der Waals surface area (Å²) in [6.45, 7) is 5.72. The molecule has 0 unspecified atom stereocenters. The van der Waals surface area contributed by atoms with Crippen molar-refractivity contribution >= 4 is 17.3 Å². The van der Waals surface area contributed by atoms with Crippen molar-refractivity contribution in [2.75, 3.05) is 0 Å². The summed E-state index contributed by atoms with van der Waals surface area (Å²) >= 11 is 6.07. The quantitative estimate of drug-likeness (QED) is 0.639. The molecule has 0 aliphatic rings. The molecule has 0 fully saturated rings. The van der Waals surface area contributed by atoms with Gasteiger partial charge in [-0.2, -0.15) is 14.9 Å². The van der Waals surface area contributed by atoms with Gasteiger partial charge in [0.15, 0.2) is 5.82 Å². The Hall–Kier alpha value is -2.02. The lowest BCUT2D eigenvalue weighted by atomic mass is 10.1. The van der Waals surface area contributed by atoms with Crippen molar-refractivity contribution in [3.05, 3.63) is 38.8 Å². The SMILES string of the molecule is Cc1ccc(-n2nc(CC(C)C)c([N+](=O)[O-])c2Cl)nn1. The number of rotatable bonds is 4. The molecule has 0 aliphatic heterocycles. The molecule has 0 saturated heterocycles. The second-order valence-electron chi connectivity index (χ2n) is 4.89. The van der Waals surface area contributed by atoms with Gasteiger partial charge >= 0.3 is 5.69 Å². The molecule has 0 aromatic carbocycles. The standard InChI is InChI=1S/C12H14ClN5O2/c1-7(2)6-9-11(18(19)20)12(13)17(16-9)10-5-4-8(3)14-15-10/h4-5,7H,6H2,1-3H3. The first kappa shape index (κ1) is 14.4. The first-order valence-corrected chi connectivity index (χ1v) is 6.50. The molecule has 0 N–H and O–H groups in total. The predicted octanol–water partition coefficient (Wildman–Crippen LogP) is 2.73. The molecule has 2 heterocycles. The summed E-state index contributed by atoms with van der Waals surface area (Å²) in [5, 5.41) is 23.2. The zero-order valence-electron chi connectivity index (χ0n) is 11.4. The third-order valence-electron chi connectivity index (χ3n) is 2.66. The minimum absolute atomic E-state index is 0.0520. The fraction of sp³-hybridized carbons (Fsp3) is 0.417. The molecular weight excluding hydrogens is 282 g/mol. The van der Waals surface area contributed by atoms with Crippen molar-refractivity contribution in [2.24, 2.45) is 5.92 Å². The van der Waals surface area contributed by atoms with Crippen LogP contribution in [0.25, 0.3) is 5.82 Å². The highest BCUT2D eigenvalue weighted by Gasteiger charge is 2.28. The van der Waals surface area contributed by atoms with E-state index in [9.17, 15) is 10.1 Å². The van der Waals surface area contributed by atoms with Crippen LogP contribution in [0.5, 0.6) is 0 Å². The summed E-state index contributed by atoms with van der Waals surface area (Å²) in [5.74, 6) is 0.593. The Morgan fingerprint density at radius 1 is 1.40 bits per heavy atom. The predicted molar refractivity (Wildman–Crippen MR) is 74.1 cm³/mol. The Morgan fingerprint density at radius 2 is 2.10 bits per heavy atom. The number of aromatic nitrogens is 4. The van der Waals surface area contributed by atoms with Crippen molar-refractivity contribution in [3.8, 4) is 5.82 Å². The van der Waals surface area contributed by atoms with E-state index in [1.54, 1.807) is 19.1 Å². The summed E-state index contributed by atoms with van der Waals surface area (Å²) in [6, 6.07) is 3.42. The molecule has 0 bridgehead atoms. The van der Waals surface area contributed by atoms with Gasteiger partial charge in [-0.15, -0.1) is 5.10 Å². The number of hydrogen-bond acceptors (Lipinski definition) is 5. The number of hydrogen-bond donors (Lipinski definition) is 0. The molecule has 8 heteroatoms. The average molecular weight is 296 g/mol. The Balaban J connectivity index is 2.54. The van der Waals surface area contributed by atoms with Crippen molar-refractivity contribution in [3.63, 3.8) is 0 Å². The summed E-state index contributed by atoms with van der Waals surface area (Å²) in [6.07, 6.45) is 0.475. The number of aryl methyl sites for hydroxylation is 1. The molecule has 0 radical (unpaired) electrons. The number of nitrogens with zero attached hydrogens (tertiary/aromatic N) is 5. The molecule has 2 aromatic heterocycles. The van der Waals surface area contributed by atoms with E-state index in [1.165, 1.54) is 4.68 Å². The van der Waals surface area contributed by atoms with Crippen LogP contribution in [0.15, 0.2) is 12.1 Å². The third-order valence-corrected chi connectivity index (χ3v) is 3.00. The summed E-state index contributed by atoms with van der Waals surface area (Å²) in [5.41, 5.74) is 0.939. The van der Waals surface area contributed by atoms with E-state index in [-0.39, 0.29) is 16.8 Å². The summed E-state index contributed by atoms with van der Waals surface area (Å²) in [7, 11) is 0. The van der Waals surface area contributed by atoms with E-state index in [0.717, 1.165) is 5.69 Å². The lowest BCUT2D eigenvalue weighted by molar-refractivity contribution is -0.385. The monoisotopic (exact) mass is 295 g/mol. The molecule has 2 rings (SSSR count). The maximum atomic E-state index is 11.2. The van der Waals surface area contributed by atoms with Crippen LogP contribution in [0.3, 0.4) is 0 Å². The van der Waals surface area contributed by atoms with Gasteiger partial charge in [0.1, 0.15) is 5.69 Å². The van der Waals surface area contributed by atoms with E-state index in [1.807, 2.05) is 13.8 Å². The maximum Gasteiger partial charge on any atom is 0.329 e. The van der Waals surface area contributed by atoms with Crippen LogP contribution in [0, 0.1) is 23.0 Å². The van der Waals surface area contributed by atoms with Crippen LogP contribution in [0.1, 0.15) is 25.2 Å². The van der Waals surface area contributed by atoms with Gasteiger partial charge in [-0.25, -0.2) is 0 Å². The highest BCUT2D eigenvalue weighted by atomic mass is 35.5. The Kier molecular flexibility index (Phi) is 3.99. The largest absolute Gasteiger partial charge is 0.329 e. The Bertz CT molecular complexity index is 636. The van der Waals surface area contributed by atoms with Gasteiger partial charge in [-0.3, -0.25) is 10.1 Å². The van der Waals surface area contributed by atoms with E-state index in [2.05, 4.69) is 15.3 Å². The minimum Gasteiger partial charge on any atom is -0.258 e. The molecule has 0 atom stereocenters. The summed E-state index contributed by atoms with van der Waals surface area (Å²) in [4.78, 5) is 10.6. The molecule has 0 aliphatic carbocycles. The minimum atomic E-state index is -0.509. The van der Waals surface area contributed by atoms with Crippen LogP contribution >= 0.6 is 11.6 Å². The van der Waals surface area contributed by atoms with Gasteiger partial charge in [0, 0.05) is 6.42 Å². The normalized spacial score (nSPS) is 11.1. The van der Waals surface area contributed by atoms with Crippen LogP contribution in [0.4, 0.5) is 5.69 Å². The van der Waals surface area contributed by atoms with E-state index < -0.39 is 4.92 Å². The first-order chi connectivity index (χ1) is 9.40. The van der Waals surface area contributed by atoms with Crippen molar-refractivity contribution < 1.29 is 4.92 Å². The second-order valence-corrected chi connectivity index (χ2v) is 5.24. The molecular formula is C12H14ClN5O2. The lowest BCUT2D eigenvalue weighted by Crippen LogP contribution is -2.03. The van der Waals surface area contributed by atoms with E-state index in [4.69, 9.17) is 11.6 Å². The van der Waals surface area contributed by atoms with Crippen LogP contribution < -0.4 is 0 Å². The molecule has 20 heavy (non-hydrogen) atoms. The van der Waals surface area contributed by atoms with Crippen molar-refractivity contribution in [2.45, 2.75) is 27.2 Å². The van der Waals surface area contributed by atoms with Gasteiger partial charge in [0.05, 0.1) is 10.6 Å². The fourth-order valence-electron chi connectivity index (χ4n) is 1.79. The van der Waals surface area contributed by atoms with Crippen LogP contribution in [-0.2, 0) is 6.42 Å². The van der Waals surface area contributed by atoms with Gasteiger partial charge in [-0.1, -0.05) is 25.4 Å². The highest BCUT2D eigenvalue weighted by molar-refractivity contribution is 6.32.